The zero-order chi connectivity index (χ0) is 16.4. The fourth-order valence-electron chi connectivity index (χ4n) is 2.90. The summed E-state index contributed by atoms with van der Waals surface area (Å²) in [4.78, 5) is 13.8. The molecule has 116 valence electrons. The van der Waals surface area contributed by atoms with Crippen LogP contribution < -0.4 is 0 Å². The highest BCUT2D eigenvalue weighted by Crippen LogP contribution is 2.41. The molecule has 1 aliphatic rings. The van der Waals surface area contributed by atoms with Gasteiger partial charge in [0.05, 0.1) is 12.5 Å². The molecule has 5 heteroatoms. The molecule has 0 aromatic heterocycles. The Morgan fingerprint density at radius 1 is 1.13 bits per heavy atom. The molecule has 0 saturated heterocycles. The predicted octanol–water partition coefficient (Wildman–Crippen LogP) is 2.93. The number of carbonyl (C=O) groups is 1. The quantitative estimate of drug-likeness (QED) is 0.863. The van der Waals surface area contributed by atoms with Crippen LogP contribution in [0.2, 0.25) is 0 Å². The first-order valence-electron chi connectivity index (χ1n) is 7.29. The average molecular weight is 327 g/mol. The number of rotatable bonds is 2. The van der Waals surface area contributed by atoms with Gasteiger partial charge in [0.15, 0.2) is 6.23 Å². The van der Waals surface area contributed by atoms with Gasteiger partial charge in [-0.3, -0.25) is 9.69 Å². The molecular formula is C18H15ClN2O2. The number of halogens is 1. The van der Waals surface area contributed by atoms with Crippen LogP contribution in [0.4, 0.5) is 0 Å². The van der Waals surface area contributed by atoms with Crippen molar-refractivity contribution in [3.8, 4) is 6.07 Å². The Balaban J connectivity index is 1.95. The number of hydrogen-bond donors (Lipinski definition) is 1. The van der Waals surface area contributed by atoms with Crippen molar-refractivity contribution < 1.29 is 9.90 Å². The summed E-state index contributed by atoms with van der Waals surface area (Å²) in [7, 11) is 0. The van der Waals surface area contributed by atoms with Gasteiger partial charge in [0.1, 0.15) is 11.4 Å². The van der Waals surface area contributed by atoms with Crippen LogP contribution in [0.25, 0.3) is 0 Å². The molecule has 1 heterocycles. The molecule has 1 amide bonds. The second-order valence-corrected chi connectivity index (χ2v) is 5.91. The Morgan fingerprint density at radius 2 is 1.74 bits per heavy atom. The van der Waals surface area contributed by atoms with E-state index < -0.39 is 17.6 Å². The third-order valence-electron chi connectivity index (χ3n) is 4.02. The molecule has 0 radical (unpaired) electrons. The predicted molar refractivity (Wildman–Crippen MR) is 86.4 cm³/mol. The van der Waals surface area contributed by atoms with Gasteiger partial charge in [0, 0.05) is 0 Å². The minimum atomic E-state index is -1.23. The third kappa shape index (κ3) is 2.81. The van der Waals surface area contributed by atoms with Crippen LogP contribution in [0.1, 0.15) is 28.1 Å². The molecule has 0 saturated carbocycles. The molecule has 2 aromatic rings. The number of aliphatic hydroxyl groups is 1. The second kappa shape index (κ2) is 6.41. The van der Waals surface area contributed by atoms with Crippen LogP contribution in [0.5, 0.6) is 0 Å². The lowest BCUT2D eigenvalue weighted by Gasteiger charge is -2.40. The zero-order valence-corrected chi connectivity index (χ0v) is 13.0. The summed E-state index contributed by atoms with van der Waals surface area (Å²) in [5.41, 5.74) is 2.19. The molecule has 1 N–H and O–H groups in total. The molecular weight excluding hydrogens is 312 g/mol. The van der Waals surface area contributed by atoms with E-state index in [4.69, 9.17) is 11.6 Å². The Bertz CT molecular complexity index is 757. The van der Waals surface area contributed by atoms with E-state index in [9.17, 15) is 15.2 Å². The molecule has 2 aromatic carbocycles. The van der Waals surface area contributed by atoms with Gasteiger partial charge in [-0.2, -0.15) is 5.26 Å². The summed E-state index contributed by atoms with van der Waals surface area (Å²) in [6.07, 6.45) is -1.12. The highest BCUT2D eigenvalue weighted by Gasteiger charge is 2.41. The number of hydrogen-bond acceptors (Lipinski definition) is 3. The second-order valence-electron chi connectivity index (χ2n) is 5.44. The molecule has 3 rings (SSSR count). The number of fused-ring (bicyclic) bond motifs is 1. The summed E-state index contributed by atoms with van der Waals surface area (Å²) in [6.45, 7) is 0. The molecule has 0 fully saturated rings. The summed E-state index contributed by atoms with van der Waals surface area (Å²) in [6, 6.07) is 17.6. The van der Waals surface area contributed by atoms with Crippen molar-refractivity contribution in [1.29, 1.82) is 5.26 Å². The van der Waals surface area contributed by atoms with Crippen molar-refractivity contribution >= 4 is 17.5 Å². The van der Waals surface area contributed by atoms with Gasteiger partial charge in [0.25, 0.3) is 0 Å². The van der Waals surface area contributed by atoms with E-state index in [0.717, 1.165) is 5.56 Å². The van der Waals surface area contributed by atoms with E-state index in [0.29, 0.717) is 11.1 Å². The number of carbonyl (C=O) groups excluding carboxylic acids is 1. The molecule has 3 atom stereocenters. The van der Waals surface area contributed by atoms with Crippen LogP contribution in [0, 0.1) is 11.3 Å². The number of aliphatic hydroxyl groups excluding tert-OH is 1. The number of benzene rings is 2. The van der Waals surface area contributed by atoms with Gasteiger partial charge in [-0.15, -0.1) is 11.6 Å². The van der Waals surface area contributed by atoms with Crippen molar-refractivity contribution in [1.82, 2.24) is 4.90 Å². The number of nitrogens with zero attached hydrogens (tertiary/aromatic N) is 2. The highest BCUT2D eigenvalue weighted by molar-refractivity contribution is 6.21. The summed E-state index contributed by atoms with van der Waals surface area (Å²) < 4.78 is 0. The monoisotopic (exact) mass is 326 g/mol. The lowest BCUT2D eigenvalue weighted by atomic mass is 9.91. The first kappa shape index (κ1) is 15.5. The SMILES string of the molecule is N#C[C@@H]1c2ccccc2[C@@H](Cl)[C@H](O)N1C(=O)Cc1ccccc1. The Kier molecular flexibility index (Phi) is 4.33. The van der Waals surface area contributed by atoms with Crippen molar-refractivity contribution in [2.45, 2.75) is 24.1 Å². The summed E-state index contributed by atoms with van der Waals surface area (Å²) in [5.74, 6) is -0.324. The molecule has 0 spiro atoms. The first-order valence-corrected chi connectivity index (χ1v) is 7.73. The molecule has 1 aliphatic heterocycles. The normalized spacial score (nSPS) is 23.0. The first-order chi connectivity index (χ1) is 11.1. The van der Waals surface area contributed by atoms with E-state index in [-0.39, 0.29) is 12.3 Å². The van der Waals surface area contributed by atoms with E-state index in [2.05, 4.69) is 6.07 Å². The van der Waals surface area contributed by atoms with Gasteiger partial charge in [0.2, 0.25) is 5.91 Å². The van der Waals surface area contributed by atoms with Gasteiger partial charge in [-0.05, 0) is 16.7 Å². The van der Waals surface area contributed by atoms with Crippen LogP contribution in [-0.2, 0) is 11.2 Å². The fourth-order valence-corrected chi connectivity index (χ4v) is 3.22. The minimum absolute atomic E-state index is 0.113. The number of alkyl halides is 1. The van der Waals surface area contributed by atoms with E-state index in [1.54, 1.807) is 24.3 Å². The van der Waals surface area contributed by atoms with Crippen molar-refractivity contribution in [3.05, 3.63) is 71.3 Å². The van der Waals surface area contributed by atoms with Crippen molar-refractivity contribution in [2.75, 3.05) is 0 Å². The smallest absolute Gasteiger partial charge is 0.230 e. The molecule has 23 heavy (non-hydrogen) atoms. The topological polar surface area (TPSA) is 64.3 Å². The lowest BCUT2D eigenvalue weighted by Crippen LogP contribution is -2.48. The molecule has 0 bridgehead atoms. The largest absolute Gasteiger partial charge is 0.372 e. The average Bonchev–Trinajstić information content (AvgIpc) is 2.58. The van der Waals surface area contributed by atoms with E-state index in [1.165, 1.54) is 4.90 Å². The van der Waals surface area contributed by atoms with E-state index in [1.807, 2.05) is 30.3 Å². The molecule has 4 nitrogen and oxygen atoms in total. The maximum Gasteiger partial charge on any atom is 0.230 e. The Hall–Kier alpha value is -2.35. The van der Waals surface area contributed by atoms with Gasteiger partial charge in [-0.1, -0.05) is 54.6 Å². The van der Waals surface area contributed by atoms with Gasteiger partial charge < -0.3 is 5.11 Å². The maximum atomic E-state index is 12.7. The number of nitriles is 1. The fraction of sp³-hybridized carbons (Fsp3) is 0.222. The Labute approximate surface area is 139 Å². The summed E-state index contributed by atoms with van der Waals surface area (Å²) in [5, 5.41) is 19.2. The molecule has 0 aliphatic carbocycles. The van der Waals surface area contributed by atoms with Gasteiger partial charge in [-0.25, -0.2) is 0 Å². The maximum absolute atomic E-state index is 12.7. The number of amides is 1. The van der Waals surface area contributed by atoms with Gasteiger partial charge >= 0.3 is 0 Å². The van der Waals surface area contributed by atoms with Crippen molar-refractivity contribution in [3.63, 3.8) is 0 Å². The van der Waals surface area contributed by atoms with Crippen LogP contribution in [0.3, 0.4) is 0 Å². The van der Waals surface area contributed by atoms with Crippen LogP contribution >= 0.6 is 11.6 Å². The minimum Gasteiger partial charge on any atom is -0.372 e. The van der Waals surface area contributed by atoms with Crippen molar-refractivity contribution in [2.24, 2.45) is 0 Å². The zero-order valence-electron chi connectivity index (χ0n) is 12.3. The molecule has 0 unspecified atom stereocenters. The van der Waals surface area contributed by atoms with E-state index >= 15 is 0 Å². The van der Waals surface area contributed by atoms with Crippen LogP contribution in [-0.4, -0.2) is 22.1 Å². The third-order valence-corrected chi connectivity index (χ3v) is 4.48. The standard InChI is InChI=1S/C18H15ClN2O2/c19-17-14-9-5-4-8-13(14)15(11-20)21(18(17)23)16(22)10-12-6-2-1-3-7-12/h1-9,15,17-18,23H,10H2/t15-,17-,18+/m1/s1. The lowest BCUT2D eigenvalue weighted by molar-refractivity contribution is -0.144. The van der Waals surface area contributed by atoms with Crippen LogP contribution in [0.15, 0.2) is 54.6 Å². The Morgan fingerprint density at radius 3 is 2.39 bits per heavy atom. The highest BCUT2D eigenvalue weighted by atomic mass is 35.5. The summed E-state index contributed by atoms with van der Waals surface area (Å²) >= 11 is 6.31.